The van der Waals surface area contributed by atoms with Crippen LogP contribution in [0.15, 0.2) is 11.6 Å². The van der Waals surface area contributed by atoms with Crippen molar-refractivity contribution >= 4 is 0 Å². The Morgan fingerprint density at radius 1 is 1.50 bits per heavy atom. The standard InChI is InChI=1S/C10H20N2/c1-7-5-8(2)9(3)10(6-7)12(4)11/h5,8-10H,6,11H2,1-4H3/t8-,9+,10+/m0/s1. The van der Waals surface area contributed by atoms with E-state index in [1.807, 2.05) is 12.1 Å². The molecule has 0 aliphatic heterocycles. The minimum absolute atomic E-state index is 0.519. The van der Waals surface area contributed by atoms with Crippen LogP contribution in [-0.2, 0) is 0 Å². The molecule has 2 heteroatoms. The summed E-state index contributed by atoms with van der Waals surface area (Å²) in [7, 11) is 1.96. The molecule has 0 amide bonds. The van der Waals surface area contributed by atoms with E-state index >= 15 is 0 Å². The van der Waals surface area contributed by atoms with Gasteiger partial charge in [0.05, 0.1) is 0 Å². The summed E-state index contributed by atoms with van der Waals surface area (Å²) in [6.45, 7) is 6.74. The Hall–Kier alpha value is -0.340. The topological polar surface area (TPSA) is 29.3 Å². The number of rotatable bonds is 1. The fraction of sp³-hybridized carbons (Fsp3) is 0.800. The predicted molar refractivity (Wildman–Crippen MR) is 52.4 cm³/mol. The molecule has 3 atom stereocenters. The highest BCUT2D eigenvalue weighted by Gasteiger charge is 2.27. The minimum Gasteiger partial charge on any atom is -0.269 e. The molecule has 12 heavy (non-hydrogen) atoms. The molecule has 0 spiro atoms. The van der Waals surface area contributed by atoms with Gasteiger partial charge in [-0.25, -0.2) is 5.01 Å². The Bertz CT molecular complexity index is 184. The zero-order valence-electron chi connectivity index (χ0n) is 8.54. The van der Waals surface area contributed by atoms with Gasteiger partial charge in [-0.05, 0) is 25.2 Å². The van der Waals surface area contributed by atoms with Gasteiger partial charge in [0.15, 0.2) is 0 Å². The second kappa shape index (κ2) is 3.58. The second-order valence-electron chi connectivity index (χ2n) is 4.17. The third-order valence-corrected chi connectivity index (χ3v) is 3.04. The fourth-order valence-corrected chi connectivity index (χ4v) is 2.05. The summed E-state index contributed by atoms with van der Waals surface area (Å²) >= 11 is 0. The Kier molecular flexibility index (Phi) is 2.91. The molecule has 2 nitrogen and oxygen atoms in total. The quantitative estimate of drug-likeness (QED) is 0.367. The third kappa shape index (κ3) is 1.87. The summed E-state index contributed by atoms with van der Waals surface area (Å²) in [5, 5.41) is 1.86. The summed E-state index contributed by atoms with van der Waals surface area (Å²) in [5.41, 5.74) is 1.47. The molecule has 1 aliphatic rings. The Balaban J connectivity index is 2.73. The van der Waals surface area contributed by atoms with E-state index in [4.69, 9.17) is 5.84 Å². The Labute approximate surface area is 75.4 Å². The molecule has 0 aromatic rings. The van der Waals surface area contributed by atoms with Gasteiger partial charge >= 0.3 is 0 Å². The van der Waals surface area contributed by atoms with Crippen LogP contribution in [0, 0.1) is 11.8 Å². The van der Waals surface area contributed by atoms with Crippen LogP contribution in [0.1, 0.15) is 27.2 Å². The van der Waals surface area contributed by atoms with Crippen LogP contribution in [0.3, 0.4) is 0 Å². The smallest absolute Gasteiger partial charge is 0.0306 e. The second-order valence-corrected chi connectivity index (χ2v) is 4.17. The van der Waals surface area contributed by atoms with Crippen molar-refractivity contribution in [3.05, 3.63) is 11.6 Å². The molecule has 0 bridgehead atoms. The molecule has 70 valence electrons. The molecule has 0 fully saturated rings. The van der Waals surface area contributed by atoms with Crippen molar-refractivity contribution in [3.8, 4) is 0 Å². The summed E-state index contributed by atoms with van der Waals surface area (Å²) in [5.74, 6) is 7.12. The van der Waals surface area contributed by atoms with Gasteiger partial charge in [0.2, 0.25) is 0 Å². The average molecular weight is 168 g/mol. The predicted octanol–water partition coefficient (Wildman–Crippen LogP) is 1.78. The lowest BCUT2D eigenvalue weighted by atomic mass is 9.79. The van der Waals surface area contributed by atoms with Gasteiger partial charge in [-0.1, -0.05) is 25.5 Å². The van der Waals surface area contributed by atoms with Crippen LogP contribution in [-0.4, -0.2) is 18.1 Å². The van der Waals surface area contributed by atoms with Crippen LogP contribution in [0.5, 0.6) is 0 Å². The SMILES string of the molecule is CC1=C[C@H](C)[C@@H](C)[C@H](N(C)N)C1. The molecule has 0 saturated carbocycles. The van der Waals surface area contributed by atoms with Crippen molar-refractivity contribution in [3.63, 3.8) is 0 Å². The van der Waals surface area contributed by atoms with Crippen molar-refractivity contribution in [2.24, 2.45) is 17.7 Å². The maximum absolute atomic E-state index is 5.79. The van der Waals surface area contributed by atoms with Crippen LogP contribution >= 0.6 is 0 Å². The highest BCUT2D eigenvalue weighted by Crippen LogP contribution is 2.29. The lowest BCUT2D eigenvalue weighted by molar-refractivity contribution is 0.153. The normalized spacial score (nSPS) is 36.8. The van der Waals surface area contributed by atoms with E-state index in [1.54, 1.807) is 0 Å². The molecule has 0 saturated heterocycles. The molecule has 0 unspecified atom stereocenters. The van der Waals surface area contributed by atoms with Crippen molar-refractivity contribution in [1.29, 1.82) is 0 Å². The first-order valence-electron chi connectivity index (χ1n) is 4.67. The van der Waals surface area contributed by atoms with E-state index in [2.05, 4.69) is 26.8 Å². The van der Waals surface area contributed by atoms with Gasteiger partial charge in [0.25, 0.3) is 0 Å². The zero-order chi connectivity index (χ0) is 9.30. The first kappa shape index (κ1) is 9.75. The van der Waals surface area contributed by atoms with Crippen LogP contribution in [0.2, 0.25) is 0 Å². The van der Waals surface area contributed by atoms with Gasteiger partial charge < -0.3 is 0 Å². The average Bonchev–Trinajstić information content (AvgIpc) is 1.96. The molecular formula is C10H20N2. The highest BCUT2D eigenvalue weighted by molar-refractivity contribution is 5.09. The summed E-state index contributed by atoms with van der Waals surface area (Å²) in [6.07, 6.45) is 3.49. The maximum atomic E-state index is 5.79. The van der Waals surface area contributed by atoms with Gasteiger partial charge in [-0.15, -0.1) is 0 Å². The number of hydrazine groups is 1. The molecule has 2 N–H and O–H groups in total. The van der Waals surface area contributed by atoms with E-state index < -0.39 is 0 Å². The van der Waals surface area contributed by atoms with Gasteiger partial charge in [-0.2, -0.15) is 0 Å². The lowest BCUT2D eigenvalue weighted by Gasteiger charge is -2.36. The number of hydrogen-bond donors (Lipinski definition) is 1. The largest absolute Gasteiger partial charge is 0.269 e. The van der Waals surface area contributed by atoms with Gasteiger partial charge in [-0.3, -0.25) is 5.84 Å². The van der Waals surface area contributed by atoms with Gasteiger partial charge in [0.1, 0.15) is 0 Å². The van der Waals surface area contributed by atoms with E-state index in [9.17, 15) is 0 Å². The van der Waals surface area contributed by atoms with Gasteiger partial charge in [0, 0.05) is 13.1 Å². The maximum Gasteiger partial charge on any atom is 0.0306 e. The Morgan fingerprint density at radius 3 is 2.58 bits per heavy atom. The van der Waals surface area contributed by atoms with E-state index in [0.717, 1.165) is 6.42 Å². The first-order chi connectivity index (χ1) is 5.52. The van der Waals surface area contributed by atoms with Crippen molar-refractivity contribution in [1.82, 2.24) is 5.01 Å². The number of nitrogens with two attached hydrogens (primary N) is 1. The summed E-state index contributed by atoms with van der Waals surface area (Å²) in [4.78, 5) is 0. The summed E-state index contributed by atoms with van der Waals surface area (Å²) < 4.78 is 0. The number of allylic oxidation sites excluding steroid dienone is 1. The number of nitrogens with zero attached hydrogens (tertiary/aromatic N) is 1. The van der Waals surface area contributed by atoms with Crippen LogP contribution < -0.4 is 5.84 Å². The van der Waals surface area contributed by atoms with Crippen molar-refractivity contribution in [2.45, 2.75) is 33.2 Å². The van der Waals surface area contributed by atoms with Crippen LogP contribution in [0.4, 0.5) is 0 Å². The molecule has 1 aliphatic carbocycles. The van der Waals surface area contributed by atoms with E-state index in [0.29, 0.717) is 17.9 Å². The summed E-state index contributed by atoms with van der Waals surface area (Å²) in [6, 6.07) is 0.519. The molecule has 0 heterocycles. The molecule has 0 aromatic heterocycles. The van der Waals surface area contributed by atoms with E-state index in [-0.39, 0.29) is 0 Å². The minimum atomic E-state index is 0.519. The van der Waals surface area contributed by atoms with Crippen molar-refractivity contribution in [2.75, 3.05) is 7.05 Å². The third-order valence-electron chi connectivity index (χ3n) is 3.04. The fourth-order valence-electron chi connectivity index (χ4n) is 2.05. The van der Waals surface area contributed by atoms with Crippen molar-refractivity contribution < 1.29 is 0 Å². The molecule has 0 aromatic carbocycles. The monoisotopic (exact) mass is 168 g/mol. The molecule has 1 rings (SSSR count). The Morgan fingerprint density at radius 2 is 2.08 bits per heavy atom. The molecular weight excluding hydrogens is 148 g/mol. The zero-order valence-corrected chi connectivity index (χ0v) is 8.54. The highest BCUT2D eigenvalue weighted by atomic mass is 15.4. The number of hydrogen-bond acceptors (Lipinski definition) is 2. The lowest BCUT2D eigenvalue weighted by Crippen LogP contribution is -2.45. The van der Waals surface area contributed by atoms with E-state index in [1.165, 1.54) is 5.57 Å². The van der Waals surface area contributed by atoms with Crippen LogP contribution in [0.25, 0.3) is 0 Å². The first-order valence-corrected chi connectivity index (χ1v) is 4.67. The molecule has 0 radical (unpaired) electrons.